The second kappa shape index (κ2) is 8.16. The van der Waals surface area contributed by atoms with E-state index in [2.05, 4.69) is 58.1 Å². The number of ether oxygens (including phenoxy) is 1. The minimum absolute atomic E-state index is 0.0151. The first kappa shape index (κ1) is 21.0. The molecule has 0 spiro atoms. The van der Waals surface area contributed by atoms with Crippen LogP contribution in [0.15, 0.2) is 24.3 Å². The highest BCUT2D eigenvalue weighted by Gasteiger charge is 2.39. The zero-order valence-electron chi connectivity index (χ0n) is 17.6. The van der Waals surface area contributed by atoms with E-state index in [9.17, 15) is 4.79 Å². The molecule has 0 saturated heterocycles. The SMILES string of the molecule is COC(=O)C(C)C1CCC(c2ccc(O[Si](C)(C)C(C)(C)C)cc2)CC1. The second-order valence-corrected chi connectivity index (χ2v) is 14.1. The largest absolute Gasteiger partial charge is 0.544 e. The monoisotopic (exact) mass is 376 g/mol. The number of benzene rings is 1. The van der Waals surface area contributed by atoms with E-state index >= 15 is 0 Å². The lowest BCUT2D eigenvalue weighted by atomic mass is 9.74. The van der Waals surface area contributed by atoms with E-state index in [-0.39, 0.29) is 16.9 Å². The highest BCUT2D eigenvalue weighted by molar-refractivity contribution is 6.74. The molecule has 1 aliphatic rings. The van der Waals surface area contributed by atoms with E-state index < -0.39 is 8.32 Å². The number of carbonyl (C=O) groups is 1. The number of hydrogen-bond acceptors (Lipinski definition) is 3. The van der Waals surface area contributed by atoms with Crippen molar-refractivity contribution in [3.05, 3.63) is 29.8 Å². The summed E-state index contributed by atoms with van der Waals surface area (Å²) in [5.41, 5.74) is 1.40. The highest BCUT2D eigenvalue weighted by Crippen LogP contribution is 2.40. The summed E-state index contributed by atoms with van der Waals surface area (Å²) in [4.78, 5) is 11.8. The molecule has 1 unspecified atom stereocenters. The zero-order valence-corrected chi connectivity index (χ0v) is 18.6. The Labute approximate surface area is 160 Å². The van der Waals surface area contributed by atoms with Crippen LogP contribution in [0.25, 0.3) is 0 Å². The molecule has 0 heterocycles. The normalized spacial score (nSPS) is 22.6. The molecule has 0 radical (unpaired) electrons. The summed E-state index contributed by atoms with van der Waals surface area (Å²) < 4.78 is 11.3. The summed E-state index contributed by atoms with van der Waals surface area (Å²) in [6, 6.07) is 8.74. The Morgan fingerprint density at radius 3 is 2.08 bits per heavy atom. The predicted octanol–water partition coefficient (Wildman–Crippen LogP) is 6.15. The first-order valence-electron chi connectivity index (χ1n) is 9.92. The quantitative estimate of drug-likeness (QED) is 0.456. The minimum atomic E-state index is -1.78. The van der Waals surface area contributed by atoms with Crippen molar-refractivity contribution in [2.24, 2.45) is 11.8 Å². The van der Waals surface area contributed by atoms with Crippen molar-refractivity contribution in [3.8, 4) is 5.75 Å². The maximum atomic E-state index is 11.8. The number of methoxy groups -OCH3 is 1. The first-order valence-corrected chi connectivity index (χ1v) is 12.8. The topological polar surface area (TPSA) is 35.5 Å². The maximum Gasteiger partial charge on any atom is 0.308 e. The molecular weight excluding hydrogens is 340 g/mol. The minimum Gasteiger partial charge on any atom is -0.544 e. The number of hydrogen-bond donors (Lipinski definition) is 0. The van der Waals surface area contributed by atoms with Crippen LogP contribution in [0.4, 0.5) is 0 Å². The van der Waals surface area contributed by atoms with E-state index in [1.807, 2.05) is 6.92 Å². The highest BCUT2D eigenvalue weighted by atomic mass is 28.4. The average Bonchev–Trinajstić information content (AvgIpc) is 2.60. The molecule has 0 aromatic heterocycles. The fraction of sp³-hybridized carbons (Fsp3) is 0.682. The lowest BCUT2D eigenvalue weighted by molar-refractivity contribution is -0.147. The Morgan fingerprint density at radius 2 is 1.62 bits per heavy atom. The van der Waals surface area contributed by atoms with Crippen LogP contribution >= 0.6 is 0 Å². The third kappa shape index (κ3) is 4.90. The molecule has 26 heavy (non-hydrogen) atoms. The molecule has 1 aliphatic carbocycles. The van der Waals surface area contributed by atoms with Crippen molar-refractivity contribution in [2.45, 2.75) is 77.4 Å². The van der Waals surface area contributed by atoms with Gasteiger partial charge in [-0.3, -0.25) is 4.79 Å². The molecule has 2 rings (SSSR count). The van der Waals surface area contributed by atoms with Gasteiger partial charge in [-0.05, 0) is 73.3 Å². The van der Waals surface area contributed by atoms with E-state index in [4.69, 9.17) is 9.16 Å². The third-order valence-corrected chi connectivity index (χ3v) is 10.9. The van der Waals surface area contributed by atoms with Gasteiger partial charge in [-0.2, -0.15) is 0 Å². The molecule has 1 fully saturated rings. The Kier molecular flexibility index (Phi) is 6.59. The Bertz CT molecular complexity index is 593. The fourth-order valence-electron chi connectivity index (χ4n) is 3.59. The van der Waals surface area contributed by atoms with Gasteiger partial charge < -0.3 is 9.16 Å². The van der Waals surface area contributed by atoms with Crippen molar-refractivity contribution in [3.63, 3.8) is 0 Å². The van der Waals surface area contributed by atoms with E-state index in [1.165, 1.54) is 12.7 Å². The Morgan fingerprint density at radius 1 is 1.08 bits per heavy atom. The summed E-state index contributed by atoms with van der Waals surface area (Å²) in [5, 5.41) is 0.209. The van der Waals surface area contributed by atoms with Gasteiger partial charge in [0, 0.05) is 0 Å². The molecule has 0 amide bonds. The molecule has 1 atom stereocenters. The summed E-state index contributed by atoms with van der Waals surface area (Å²) in [6.07, 6.45) is 4.50. The van der Waals surface area contributed by atoms with Gasteiger partial charge in [0.25, 0.3) is 0 Å². The van der Waals surface area contributed by atoms with Gasteiger partial charge in [0.05, 0.1) is 13.0 Å². The molecule has 0 N–H and O–H groups in total. The van der Waals surface area contributed by atoms with Crippen LogP contribution in [-0.4, -0.2) is 21.4 Å². The van der Waals surface area contributed by atoms with Gasteiger partial charge in [-0.15, -0.1) is 0 Å². The summed E-state index contributed by atoms with van der Waals surface area (Å²) in [7, 11) is -0.299. The van der Waals surface area contributed by atoms with Crippen LogP contribution in [0, 0.1) is 11.8 Å². The fourth-order valence-corrected chi connectivity index (χ4v) is 4.62. The van der Waals surface area contributed by atoms with Crippen molar-refractivity contribution in [2.75, 3.05) is 7.11 Å². The summed E-state index contributed by atoms with van der Waals surface area (Å²) in [5.74, 6) is 1.99. The van der Waals surface area contributed by atoms with Gasteiger partial charge in [0.2, 0.25) is 8.32 Å². The van der Waals surface area contributed by atoms with E-state index in [1.54, 1.807) is 0 Å². The molecule has 4 heteroatoms. The van der Waals surface area contributed by atoms with E-state index in [0.29, 0.717) is 11.8 Å². The van der Waals surface area contributed by atoms with Crippen LogP contribution in [0.2, 0.25) is 18.1 Å². The standard InChI is InChI=1S/C22H36O3Si/c1-16(21(23)24-5)17-8-10-18(11-9-17)19-12-14-20(15-13-19)25-26(6,7)22(2,3)4/h12-18H,8-11H2,1-7H3. The number of rotatable bonds is 5. The molecule has 1 aromatic carbocycles. The second-order valence-electron chi connectivity index (χ2n) is 9.35. The van der Waals surface area contributed by atoms with Gasteiger partial charge in [0.15, 0.2) is 0 Å². The lowest BCUT2D eigenvalue weighted by Gasteiger charge is -2.36. The predicted molar refractivity (Wildman–Crippen MR) is 110 cm³/mol. The van der Waals surface area contributed by atoms with Crippen molar-refractivity contribution >= 4 is 14.3 Å². The van der Waals surface area contributed by atoms with E-state index in [0.717, 1.165) is 31.4 Å². The molecule has 0 bridgehead atoms. The van der Waals surface area contributed by atoms with Crippen molar-refractivity contribution in [1.82, 2.24) is 0 Å². The third-order valence-electron chi connectivity index (χ3n) is 6.58. The molecular formula is C22H36O3Si. The van der Waals surface area contributed by atoms with Crippen LogP contribution in [0.5, 0.6) is 5.75 Å². The van der Waals surface area contributed by atoms with Gasteiger partial charge in [-0.1, -0.05) is 39.8 Å². The Hall–Kier alpha value is -1.29. The molecule has 1 aromatic rings. The molecule has 1 saturated carbocycles. The zero-order chi connectivity index (χ0) is 19.5. The molecule has 146 valence electrons. The molecule has 0 aliphatic heterocycles. The first-order chi connectivity index (χ1) is 12.0. The van der Waals surface area contributed by atoms with Crippen LogP contribution in [0.3, 0.4) is 0 Å². The van der Waals surface area contributed by atoms with Gasteiger partial charge >= 0.3 is 5.97 Å². The maximum absolute atomic E-state index is 11.8. The van der Waals surface area contributed by atoms with Crippen LogP contribution in [0.1, 0.15) is 64.9 Å². The number of esters is 1. The average molecular weight is 377 g/mol. The van der Waals surface area contributed by atoms with Crippen LogP contribution < -0.4 is 4.43 Å². The van der Waals surface area contributed by atoms with Crippen molar-refractivity contribution in [1.29, 1.82) is 0 Å². The smallest absolute Gasteiger partial charge is 0.308 e. The molecule has 3 nitrogen and oxygen atoms in total. The summed E-state index contributed by atoms with van der Waals surface area (Å²) in [6.45, 7) is 13.4. The Balaban J connectivity index is 1.95. The van der Waals surface area contributed by atoms with Crippen molar-refractivity contribution < 1.29 is 14.0 Å². The van der Waals surface area contributed by atoms with Crippen LogP contribution in [-0.2, 0) is 9.53 Å². The number of carbonyl (C=O) groups excluding carboxylic acids is 1. The summed E-state index contributed by atoms with van der Waals surface area (Å²) >= 11 is 0. The van der Waals surface area contributed by atoms with Gasteiger partial charge in [0.1, 0.15) is 5.75 Å². The lowest BCUT2D eigenvalue weighted by Crippen LogP contribution is -2.43. The van der Waals surface area contributed by atoms with Gasteiger partial charge in [-0.25, -0.2) is 0 Å².